The van der Waals surface area contributed by atoms with Crippen molar-refractivity contribution < 1.29 is 9.53 Å². The number of nitrogens with one attached hydrogen (secondary N) is 1. The quantitative estimate of drug-likeness (QED) is 0.637. The van der Waals surface area contributed by atoms with Crippen molar-refractivity contribution in [3.05, 3.63) is 40.8 Å². The summed E-state index contributed by atoms with van der Waals surface area (Å²) in [5.74, 6) is -0.305. The van der Waals surface area contributed by atoms with Crippen LogP contribution in [0.15, 0.2) is 35.9 Å². The van der Waals surface area contributed by atoms with Gasteiger partial charge in [-0.05, 0) is 18.9 Å². The molecule has 2 fully saturated rings. The molecular formula is C20H20N4O2S. The SMILES string of the molecule is N#C/C(=C\c1sc(N2CCOCC2)nc1-c1ccccc1)C(=O)NC1CC1. The molecule has 2 heterocycles. The highest BCUT2D eigenvalue weighted by molar-refractivity contribution is 7.17. The number of hydrogen-bond donors (Lipinski definition) is 1. The molecule has 0 unspecified atom stereocenters. The van der Waals surface area contributed by atoms with Crippen LogP contribution in [0.2, 0.25) is 0 Å². The van der Waals surface area contributed by atoms with E-state index in [1.54, 1.807) is 6.08 Å². The largest absolute Gasteiger partial charge is 0.378 e. The molecule has 2 aromatic rings. The summed E-state index contributed by atoms with van der Waals surface area (Å²) >= 11 is 1.51. The van der Waals surface area contributed by atoms with Gasteiger partial charge < -0.3 is 15.0 Å². The summed E-state index contributed by atoms with van der Waals surface area (Å²) in [4.78, 5) is 20.2. The van der Waals surface area contributed by atoms with Crippen LogP contribution < -0.4 is 10.2 Å². The summed E-state index contributed by atoms with van der Waals surface area (Å²) in [6.07, 6.45) is 3.64. The highest BCUT2D eigenvalue weighted by Gasteiger charge is 2.25. The van der Waals surface area contributed by atoms with Crippen molar-refractivity contribution in [3.63, 3.8) is 0 Å². The van der Waals surface area contributed by atoms with Gasteiger partial charge in [-0.15, -0.1) is 0 Å². The van der Waals surface area contributed by atoms with E-state index in [2.05, 4.69) is 10.2 Å². The number of amides is 1. The van der Waals surface area contributed by atoms with Gasteiger partial charge in [-0.3, -0.25) is 4.79 Å². The van der Waals surface area contributed by atoms with Gasteiger partial charge in [-0.2, -0.15) is 5.26 Å². The molecule has 1 saturated heterocycles. The zero-order valence-electron chi connectivity index (χ0n) is 14.9. The molecule has 4 rings (SSSR count). The Kier molecular flexibility index (Phi) is 5.19. The second-order valence-electron chi connectivity index (χ2n) is 6.59. The van der Waals surface area contributed by atoms with E-state index in [0.29, 0.717) is 13.2 Å². The van der Waals surface area contributed by atoms with Crippen LogP contribution in [0.25, 0.3) is 17.3 Å². The van der Waals surface area contributed by atoms with E-state index < -0.39 is 0 Å². The van der Waals surface area contributed by atoms with Gasteiger partial charge in [0.1, 0.15) is 11.6 Å². The molecule has 1 aliphatic heterocycles. The van der Waals surface area contributed by atoms with Gasteiger partial charge in [0, 0.05) is 24.7 Å². The number of aromatic nitrogens is 1. The molecule has 6 nitrogen and oxygen atoms in total. The Morgan fingerprint density at radius 1 is 1.30 bits per heavy atom. The Morgan fingerprint density at radius 2 is 2.04 bits per heavy atom. The number of benzene rings is 1. The van der Waals surface area contributed by atoms with Crippen LogP contribution in [0, 0.1) is 11.3 Å². The van der Waals surface area contributed by atoms with Crippen LogP contribution in [0.1, 0.15) is 17.7 Å². The summed E-state index contributed by atoms with van der Waals surface area (Å²) in [5, 5.41) is 13.3. The number of ether oxygens (including phenoxy) is 1. The molecule has 1 saturated carbocycles. The smallest absolute Gasteiger partial charge is 0.262 e. The predicted molar refractivity (Wildman–Crippen MR) is 105 cm³/mol. The van der Waals surface area contributed by atoms with Crippen LogP contribution in [0.5, 0.6) is 0 Å². The molecule has 1 aromatic carbocycles. The van der Waals surface area contributed by atoms with E-state index >= 15 is 0 Å². The van der Waals surface area contributed by atoms with E-state index in [0.717, 1.165) is 47.2 Å². The zero-order valence-corrected chi connectivity index (χ0v) is 15.7. The number of thiazole rings is 1. The molecular weight excluding hydrogens is 360 g/mol. The van der Waals surface area contributed by atoms with Gasteiger partial charge >= 0.3 is 0 Å². The molecule has 138 valence electrons. The fourth-order valence-electron chi connectivity index (χ4n) is 2.88. The number of anilines is 1. The van der Waals surface area contributed by atoms with Gasteiger partial charge in [0.05, 0.1) is 23.8 Å². The second kappa shape index (κ2) is 7.91. The van der Waals surface area contributed by atoms with Gasteiger partial charge in [-0.1, -0.05) is 41.7 Å². The Balaban J connectivity index is 1.70. The summed E-state index contributed by atoms with van der Waals surface area (Å²) in [5.41, 5.74) is 1.89. The molecule has 1 amide bonds. The number of carbonyl (C=O) groups excluding carboxylic acids is 1. The minimum Gasteiger partial charge on any atom is -0.378 e. The Labute approximate surface area is 162 Å². The first-order valence-corrected chi connectivity index (χ1v) is 9.88. The summed E-state index contributed by atoms with van der Waals surface area (Å²) in [6, 6.07) is 12.1. The number of rotatable bonds is 5. The maximum absolute atomic E-state index is 12.3. The molecule has 0 atom stereocenters. The normalized spacial score (nSPS) is 17.4. The first-order chi connectivity index (χ1) is 13.2. The molecule has 1 aliphatic carbocycles. The second-order valence-corrected chi connectivity index (χ2v) is 7.60. The van der Waals surface area contributed by atoms with Gasteiger partial charge in [-0.25, -0.2) is 4.98 Å². The van der Waals surface area contributed by atoms with Crippen molar-refractivity contribution >= 4 is 28.5 Å². The summed E-state index contributed by atoms with van der Waals surface area (Å²) in [6.45, 7) is 2.94. The number of morpholine rings is 1. The lowest BCUT2D eigenvalue weighted by molar-refractivity contribution is -0.117. The maximum atomic E-state index is 12.3. The van der Waals surface area contributed by atoms with E-state index in [4.69, 9.17) is 9.72 Å². The Morgan fingerprint density at radius 3 is 2.70 bits per heavy atom. The van der Waals surface area contributed by atoms with Crippen molar-refractivity contribution in [2.24, 2.45) is 0 Å². The van der Waals surface area contributed by atoms with Crippen LogP contribution >= 0.6 is 11.3 Å². The van der Waals surface area contributed by atoms with Gasteiger partial charge in [0.25, 0.3) is 5.91 Å². The van der Waals surface area contributed by atoms with Crippen LogP contribution in [0.3, 0.4) is 0 Å². The first-order valence-electron chi connectivity index (χ1n) is 9.06. The Hall–Kier alpha value is -2.69. The van der Waals surface area contributed by atoms with Crippen LogP contribution in [-0.2, 0) is 9.53 Å². The minimum absolute atomic E-state index is 0.122. The lowest BCUT2D eigenvalue weighted by Crippen LogP contribution is -2.36. The van der Waals surface area contributed by atoms with Crippen molar-refractivity contribution in [2.45, 2.75) is 18.9 Å². The third-order valence-electron chi connectivity index (χ3n) is 4.52. The van der Waals surface area contributed by atoms with E-state index in [1.165, 1.54) is 11.3 Å². The zero-order chi connectivity index (χ0) is 18.6. The van der Waals surface area contributed by atoms with Crippen molar-refractivity contribution in [3.8, 4) is 17.3 Å². The number of carbonyl (C=O) groups is 1. The molecule has 2 aliphatic rings. The molecule has 0 radical (unpaired) electrons. The average molecular weight is 380 g/mol. The maximum Gasteiger partial charge on any atom is 0.262 e. The first kappa shape index (κ1) is 17.7. The lowest BCUT2D eigenvalue weighted by Gasteiger charge is -2.26. The molecule has 1 N–H and O–H groups in total. The van der Waals surface area contributed by atoms with Crippen molar-refractivity contribution in [1.82, 2.24) is 10.3 Å². The van der Waals surface area contributed by atoms with Gasteiger partial charge in [0.2, 0.25) is 0 Å². The van der Waals surface area contributed by atoms with E-state index in [-0.39, 0.29) is 17.5 Å². The molecule has 0 bridgehead atoms. The van der Waals surface area contributed by atoms with Gasteiger partial charge in [0.15, 0.2) is 5.13 Å². The molecule has 7 heteroatoms. The lowest BCUT2D eigenvalue weighted by atomic mass is 10.1. The molecule has 27 heavy (non-hydrogen) atoms. The van der Waals surface area contributed by atoms with Crippen molar-refractivity contribution in [1.29, 1.82) is 5.26 Å². The highest BCUT2D eigenvalue weighted by atomic mass is 32.1. The third kappa shape index (κ3) is 4.18. The summed E-state index contributed by atoms with van der Waals surface area (Å²) < 4.78 is 5.43. The predicted octanol–water partition coefficient (Wildman–Crippen LogP) is 2.83. The van der Waals surface area contributed by atoms with Crippen molar-refractivity contribution in [2.75, 3.05) is 31.2 Å². The highest BCUT2D eigenvalue weighted by Crippen LogP contribution is 2.35. The average Bonchev–Trinajstić information content (AvgIpc) is 3.43. The Bertz CT molecular complexity index is 890. The summed E-state index contributed by atoms with van der Waals surface area (Å²) in [7, 11) is 0. The molecule has 1 aromatic heterocycles. The van der Waals surface area contributed by atoms with E-state index in [9.17, 15) is 10.1 Å². The number of nitrogens with zero attached hydrogens (tertiary/aromatic N) is 3. The van der Waals surface area contributed by atoms with Crippen LogP contribution in [0.4, 0.5) is 5.13 Å². The van der Waals surface area contributed by atoms with E-state index in [1.807, 2.05) is 36.4 Å². The van der Waals surface area contributed by atoms with Crippen LogP contribution in [-0.4, -0.2) is 43.2 Å². The fourth-order valence-corrected chi connectivity index (χ4v) is 3.96. The number of nitriles is 1. The topological polar surface area (TPSA) is 78.2 Å². The number of hydrogen-bond acceptors (Lipinski definition) is 6. The fraction of sp³-hybridized carbons (Fsp3) is 0.350. The minimum atomic E-state index is -0.305. The third-order valence-corrected chi connectivity index (χ3v) is 5.59. The monoisotopic (exact) mass is 380 g/mol. The standard InChI is InChI=1S/C20H20N4O2S/c21-13-15(19(25)22-16-6-7-16)12-17-18(14-4-2-1-3-5-14)23-20(27-17)24-8-10-26-11-9-24/h1-5,12,16H,6-11H2,(H,22,25)/b15-12+. The molecule has 0 spiro atoms.